The van der Waals surface area contributed by atoms with E-state index in [1.165, 1.54) is 11.9 Å². The molecule has 2 rings (SSSR count). The maximum Gasteiger partial charge on any atom is 0.145 e. The summed E-state index contributed by atoms with van der Waals surface area (Å²) in [6.07, 6.45) is 3.65. The zero-order valence-electron chi connectivity index (χ0n) is 11.2. The average molecular weight is 252 g/mol. The highest BCUT2D eigenvalue weighted by Crippen LogP contribution is 2.22. The molecule has 0 atom stereocenters. The van der Waals surface area contributed by atoms with E-state index >= 15 is 0 Å². The molecule has 0 bridgehead atoms. The quantitative estimate of drug-likeness (QED) is 0.839. The molecule has 1 aromatic heterocycles. The number of hydrogen-bond acceptors (Lipinski definition) is 4. The third-order valence-corrected chi connectivity index (χ3v) is 2.97. The van der Waals surface area contributed by atoms with Gasteiger partial charge < -0.3 is 4.90 Å². The normalized spacial score (nSPS) is 9.95. The van der Waals surface area contributed by atoms with E-state index in [2.05, 4.69) is 41.2 Å². The Morgan fingerprint density at radius 3 is 2.58 bits per heavy atom. The third-order valence-electron chi connectivity index (χ3n) is 2.97. The van der Waals surface area contributed by atoms with Crippen molar-refractivity contribution >= 4 is 11.5 Å². The van der Waals surface area contributed by atoms with Crippen LogP contribution in [-0.2, 0) is 6.42 Å². The molecule has 0 fully saturated rings. The van der Waals surface area contributed by atoms with Gasteiger partial charge in [0.1, 0.15) is 23.9 Å². The fourth-order valence-electron chi connectivity index (χ4n) is 1.90. The molecule has 0 saturated carbocycles. The Balaban J connectivity index is 2.23. The molecular formula is C15H16N4. The highest BCUT2D eigenvalue weighted by atomic mass is 15.2. The minimum atomic E-state index is 0.374. The number of benzene rings is 1. The summed E-state index contributed by atoms with van der Waals surface area (Å²) in [5.74, 6) is 0.717. The second kappa shape index (κ2) is 5.96. The molecule has 0 radical (unpaired) electrons. The van der Waals surface area contributed by atoms with Crippen molar-refractivity contribution in [1.82, 2.24) is 9.97 Å². The first kappa shape index (κ1) is 13.0. The molecule has 0 aliphatic heterocycles. The van der Waals surface area contributed by atoms with Crippen LogP contribution in [0, 0.1) is 11.3 Å². The minimum Gasteiger partial charge on any atom is -0.329 e. The first-order valence-electron chi connectivity index (χ1n) is 6.29. The minimum absolute atomic E-state index is 0.374. The van der Waals surface area contributed by atoms with E-state index in [1.807, 2.05) is 18.0 Å². The number of aryl methyl sites for hydroxylation is 1. The van der Waals surface area contributed by atoms with Crippen LogP contribution < -0.4 is 4.90 Å². The van der Waals surface area contributed by atoms with Gasteiger partial charge in [-0.05, 0) is 24.1 Å². The van der Waals surface area contributed by atoms with Gasteiger partial charge in [-0.1, -0.05) is 25.5 Å². The van der Waals surface area contributed by atoms with Crippen LogP contribution in [0.3, 0.4) is 0 Å². The summed E-state index contributed by atoms with van der Waals surface area (Å²) in [5.41, 5.74) is 2.75. The summed E-state index contributed by atoms with van der Waals surface area (Å²) in [4.78, 5) is 10.0. The fraction of sp³-hybridized carbons (Fsp3) is 0.267. The van der Waals surface area contributed by atoms with Crippen LogP contribution in [0.1, 0.15) is 24.6 Å². The van der Waals surface area contributed by atoms with Gasteiger partial charge in [0.05, 0.1) is 0 Å². The van der Waals surface area contributed by atoms with E-state index in [-0.39, 0.29) is 0 Å². The number of nitrogens with zero attached hydrogens (tertiary/aromatic N) is 4. The first-order valence-corrected chi connectivity index (χ1v) is 6.29. The van der Waals surface area contributed by atoms with Crippen molar-refractivity contribution in [3.8, 4) is 6.07 Å². The third kappa shape index (κ3) is 3.08. The average Bonchev–Trinajstić information content (AvgIpc) is 2.48. The molecule has 1 heterocycles. The van der Waals surface area contributed by atoms with Gasteiger partial charge in [-0.3, -0.25) is 0 Å². The number of anilines is 2. The van der Waals surface area contributed by atoms with Gasteiger partial charge in [-0.25, -0.2) is 9.97 Å². The van der Waals surface area contributed by atoms with Crippen LogP contribution in [0.15, 0.2) is 36.7 Å². The lowest BCUT2D eigenvalue weighted by Gasteiger charge is -2.18. The summed E-state index contributed by atoms with van der Waals surface area (Å²) in [6, 6.07) is 12.1. The molecule has 4 nitrogen and oxygen atoms in total. The Labute approximate surface area is 113 Å². The molecule has 19 heavy (non-hydrogen) atoms. The molecule has 0 aliphatic rings. The summed E-state index contributed by atoms with van der Waals surface area (Å²) in [7, 11) is 1.93. The van der Waals surface area contributed by atoms with Gasteiger partial charge in [0.25, 0.3) is 0 Å². The molecule has 0 aliphatic carbocycles. The zero-order valence-corrected chi connectivity index (χ0v) is 11.2. The van der Waals surface area contributed by atoms with E-state index in [1.54, 1.807) is 6.07 Å². The lowest BCUT2D eigenvalue weighted by Crippen LogP contribution is -2.11. The molecule has 96 valence electrons. The maximum absolute atomic E-state index is 8.85. The zero-order chi connectivity index (χ0) is 13.7. The lowest BCUT2D eigenvalue weighted by molar-refractivity contribution is 0.921. The summed E-state index contributed by atoms with van der Waals surface area (Å²) in [5, 5.41) is 8.85. The molecule has 0 N–H and O–H groups in total. The van der Waals surface area contributed by atoms with Crippen LogP contribution in [0.25, 0.3) is 0 Å². The van der Waals surface area contributed by atoms with Crippen LogP contribution in [0.5, 0.6) is 0 Å². The van der Waals surface area contributed by atoms with Crippen LogP contribution in [0.4, 0.5) is 11.5 Å². The fourth-order valence-corrected chi connectivity index (χ4v) is 1.90. The van der Waals surface area contributed by atoms with Gasteiger partial charge in [0.15, 0.2) is 0 Å². The van der Waals surface area contributed by atoms with Gasteiger partial charge in [-0.2, -0.15) is 5.26 Å². The Morgan fingerprint density at radius 1 is 1.21 bits per heavy atom. The van der Waals surface area contributed by atoms with Gasteiger partial charge >= 0.3 is 0 Å². The van der Waals surface area contributed by atoms with Gasteiger partial charge in [0, 0.05) is 18.8 Å². The van der Waals surface area contributed by atoms with E-state index in [9.17, 15) is 0 Å². The Morgan fingerprint density at radius 2 is 1.95 bits per heavy atom. The van der Waals surface area contributed by atoms with Crippen LogP contribution >= 0.6 is 0 Å². The largest absolute Gasteiger partial charge is 0.329 e. The molecule has 0 saturated heterocycles. The Bertz CT molecular complexity index is 584. The van der Waals surface area contributed by atoms with Crippen molar-refractivity contribution in [3.63, 3.8) is 0 Å². The molecule has 0 spiro atoms. The summed E-state index contributed by atoms with van der Waals surface area (Å²) >= 11 is 0. The Kier molecular flexibility index (Phi) is 4.09. The van der Waals surface area contributed by atoms with Crippen molar-refractivity contribution in [2.75, 3.05) is 11.9 Å². The maximum atomic E-state index is 8.85. The molecule has 1 aromatic carbocycles. The van der Waals surface area contributed by atoms with E-state index < -0.39 is 0 Å². The highest BCUT2D eigenvalue weighted by molar-refractivity contribution is 5.59. The van der Waals surface area contributed by atoms with E-state index in [0.29, 0.717) is 5.69 Å². The summed E-state index contributed by atoms with van der Waals surface area (Å²) < 4.78 is 0. The summed E-state index contributed by atoms with van der Waals surface area (Å²) in [6.45, 7) is 2.17. The van der Waals surface area contributed by atoms with Gasteiger partial charge in [0.2, 0.25) is 0 Å². The molecule has 0 amide bonds. The standard InChI is InChI=1S/C15H16N4/c1-3-4-12-5-7-14(8-6-12)19(2)15-9-13(10-16)17-11-18-15/h5-9,11H,3-4H2,1-2H3. The van der Waals surface area contributed by atoms with Crippen molar-refractivity contribution < 1.29 is 0 Å². The monoisotopic (exact) mass is 252 g/mol. The topological polar surface area (TPSA) is 52.8 Å². The highest BCUT2D eigenvalue weighted by Gasteiger charge is 2.06. The van der Waals surface area contributed by atoms with Gasteiger partial charge in [-0.15, -0.1) is 0 Å². The van der Waals surface area contributed by atoms with Crippen molar-refractivity contribution in [2.45, 2.75) is 19.8 Å². The predicted molar refractivity (Wildman–Crippen MR) is 75.2 cm³/mol. The van der Waals surface area contributed by atoms with Crippen LogP contribution in [-0.4, -0.2) is 17.0 Å². The van der Waals surface area contributed by atoms with Crippen LogP contribution in [0.2, 0.25) is 0 Å². The molecule has 4 heteroatoms. The van der Waals surface area contributed by atoms with E-state index in [4.69, 9.17) is 5.26 Å². The number of rotatable bonds is 4. The number of hydrogen-bond donors (Lipinski definition) is 0. The van der Waals surface area contributed by atoms with Crippen molar-refractivity contribution in [1.29, 1.82) is 5.26 Å². The molecular weight excluding hydrogens is 236 g/mol. The first-order chi connectivity index (χ1) is 9.24. The smallest absolute Gasteiger partial charge is 0.145 e. The lowest BCUT2D eigenvalue weighted by atomic mass is 10.1. The SMILES string of the molecule is CCCc1ccc(N(C)c2cc(C#N)ncn2)cc1. The van der Waals surface area contributed by atoms with Crippen molar-refractivity contribution in [3.05, 3.63) is 47.9 Å². The Hall–Kier alpha value is -2.41. The molecule has 0 unspecified atom stereocenters. The predicted octanol–water partition coefficient (Wildman–Crippen LogP) is 3.07. The number of aromatic nitrogens is 2. The molecule has 2 aromatic rings. The second-order valence-corrected chi connectivity index (χ2v) is 4.35. The second-order valence-electron chi connectivity index (χ2n) is 4.35. The van der Waals surface area contributed by atoms with E-state index in [0.717, 1.165) is 24.3 Å². The number of nitriles is 1. The van der Waals surface area contributed by atoms with Crippen molar-refractivity contribution in [2.24, 2.45) is 0 Å².